The Bertz CT molecular complexity index is 573. The number of nitrogens with zero attached hydrogens (tertiary/aromatic N) is 3. The van der Waals surface area contributed by atoms with E-state index in [2.05, 4.69) is 20.7 Å². The zero-order chi connectivity index (χ0) is 18.4. The van der Waals surface area contributed by atoms with Gasteiger partial charge in [-0.25, -0.2) is 4.99 Å². The lowest BCUT2D eigenvalue weighted by Crippen LogP contribution is -2.44. The molecule has 1 aromatic heterocycles. The summed E-state index contributed by atoms with van der Waals surface area (Å²) < 4.78 is 6.85. The molecule has 0 aliphatic heterocycles. The van der Waals surface area contributed by atoms with Crippen LogP contribution in [0.3, 0.4) is 0 Å². The van der Waals surface area contributed by atoms with Crippen molar-refractivity contribution >= 4 is 11.9 Å². The minimum absolute atomic E-state index is 0.0956. The average molecular weight is 339 g/mol. The summed E-state index contributed by atoms with van der Waals surface area (Å²) in [7, 11) is 1.79. The van der Waals surface area contributed by atoms with Crippen molar-refractivity contribution in [3.05, 3.63) is 18.0 Å². The van der Waals surface area contributed by atoms with Gasteiger partial charge in [0.1, 0.15) is 17.7 Å². The number of guanidine groups is 1. The number of aromatic nitrogens is 2. The summed E-state index contributed by atoms with van der Waals surface area (Å²) in [4.78, 5) is 15.9. The second-order valence-electron chi connectivity index (χ2n) is 6.81. The molecule has 136 valence electrons. The average Bonchev–Trinajstić information content (AvgIpc) is 2.87. The van der Waals surface area contributed by atoms with Crippen molar-refractivity contribution in [3.8, 4) is 0 Å². The number of esters is 1. The molecule has 8 nitrogen and oxygen atoms in total. The van der Waals surface area contributed by atoms with Gasteiger partial charge in [0, 0.05) is 25.4 Å². The van der Waals surface area contributed by atoms with E-state index in [4.69, 9.17) is 4.74 Å². The Morgan fingerprint density at radius 3 is 2.54 bits per heavy atom. The van der Waals surface area contributed by atoms with Crippen LogP contribution in [0.4, 0.5) is 0 Å². The Balaban J connectivity index is 2.65. The summed E-state index contributed by atoms with van der Waals surface area (Å²) in [5, 5.41) is 20.7. The number of rotatable bonds is 6. The summed E-state index contributed by atoms with van der Waals surface area (Å²) >= 11 is 0. The van der Waals surface area contributed by atoms with Crippen LogP contribution in [-0.2, 0) is 22.2 Å². The number of carbonyl (C=O) groups excluding carboxylic acids is 1. The standard InChI is InChI=1S/C16H29N5O3/c1-7-17-14(18-9-13(22)24-15(2,3)4)19-11-16(5,23)12-8-20-21(6)10-12/h8,10,23H,7,9,11H2,1-6H3,(H2,17,18,19). The Hall–Kier alpha value is -2.09. The fourth-order valence-electron chi connectivity index (χ4n) is 1.92. The fourth-order valence-corrected chi connectivity index (χ4v) is 1.92. The van der Waals surface area contributed by atoms with Gasteiger partial charge in [-0.15, -0.1) is 0 Å². The molecule has 8 heteroatoms. The summed E-state index contributed by atoms with van der Waals surface area (Å²) in [5.41, 5.74) is -0.959. The van der Waals surface area contributed by atoms with Crippen LogP contribution >= 0.6 is 0 Å². The molecule has 0 aliphatic rings. The molecule has 0 fully saturated rings. The second kappa shape index (κ2) is 8.14. The molecule has 24 heavy (non-hydrogen) atoms. The van der Waals surface area contributed by atoms with E-state index in [9.17, 15) is 9.90 Å². The van der Waals surface area contributed by atoms with E-state index in [1.165, 1.54) is 0 Å². The Kier molecular flexibility index (Phi) is 6.77. The van der Waals surface area contributed by atoms with E-state index in [-0.39, 0.29) is 13.1 Å². The van der Waals surface area contributed by atoms with Crippen molar-refractivity contribution < 1.29 is 14.6 Å². The molecule has 0 aromatic carbocycles. The van der Waals surface area contributed by atoms with Crippen LogP contribution in [0.5, 0.6) is 0 Å². The number of ether oxygens (including phenoxy) is 1. The van der Waals surface area contributed by atoms with E-state index in [0.717, 1.165) is 0 Å². The summed E-state index contributed by atoms with van der Waals surface area (Å²) in [6.07, 6.45) is 3.37. The van der Waals surface area contributed by atoms with Crippen molar-refractivity contribution in [2.75, 3.05) is 19.6 Å². The number of nitrogens with one attached hydrogen (secondary N) is 2. The molecule has 0 bridgehead atoms. The summed E-state index contributed by atoms with van der Waals surface area (Å²) in [5.74, 6) is 0.0336. The highest BCUT2D eigenvalue weighted by Crippen LogP contribution is 2.18. The predicted octanol–water partition coefficient (Wildman–Crippen LogP) is 0.524. The Morgan fingerprint density at radius 1 is 1.38 bits per heavy atom. The third kappa shape index (κ3) is 6.99. The monoisotopic (exact) mass is 339 g/mol. The molecule has 3 N–H and O–H groups in total. The largest absolute Gasteiger partial charge is 0.459 e. The SMILES string of the molecule is CCNC(=NCC(=O)OC(C)(C)C)NCC(C)(O)c1cnn(C)c1. The number of hydrogen-bond donors (Lipinski definition) is 3. The van der Waals surface area contributed by atoms with Crippen molar-refractivity contribution in [1.82, 2.24) is 20.4 Å². The molecule has 0 aliphatic carbocycles. The van der Waals surface area contributed by atoms with Gasteiger partial charge in [0.2, 0.25) is 0 Å². The number of aryl methyl sites for hydroxylation is 1. The molecule has 1 heterocycles. The highest BCUT2D eigenvalue weighted by atomic mass is 16.6. The highest BCUT2D eigenvalue weighted by Gasteiger charge is 2.25. The Labute approximate surface area is 143 Å². The third-order valence-corrected chi connectivity index (χ3v) is 3.06. The lowest BCUT2D eigenvalue weighted by Gasteiger charge is -2.24. The van der Waals surface area contributed by atoms with Gasteiger partial charge in [0.15, 0.2) is 5.96 Å². The molecule has 1 rings (SSSR count). The number of aliphatic imine (C=N–C) groups is 1. The Morgan fingerprint density at radius 2 is 2.04 bits per heavy atom. The van der Waals surface area contributed by atoms with Gasteiger partial charge < -0.3 is 20.5 Å². The maximum Gasteiger partial charge on any atom is 0.328 e. The fraction of sp³-hybridized carbons (Fsp3) is 0.688. The van der Waals surface area contributed by atoms with E-state index < -0.39 is 17.2 Å². The first-order valence-electron chi connectivity index (χ1n) is 7.99. The lowest BCUT2D eigenvalue weighted by atomic mass is 10.00. The van der Waals surface area contributed by atoms with Crippen molar-refractivity contribution in [1.29, 1.82) is 0 Å². The molecule has 0 saturated heterocycles. The van der Waals surface area contributed by atoms with Gasteiger partial charge in [-0.05, 0) is 34.6 Å². The van der Waals surface area contributed by atoms with Crippen LogP contribution in [0.1, 0.15) is 40.2 Å². The third-order valence-electron chi connectivity index (χ3n) is 3.06. The number of hydrogen-bond acceptors (Lipinski definition) is 5. The molecular formula is C16H29N5O3. The van der Waals surface area contributed by atoms with Gasteiger partial charge in [-0.3, -0.25) is 9.48 Å². The smallest absolute Gasteiger partial charge is 0.328 e. The van der Waals surface area contributed by atoms with E-state index in [0.29, 0.717) is 18.1 Å². The predicted molar refractivity (Wildman–Crippen MR) is 92.6 cm³/mol. The van der Waals surface area contributed by atoms with Gasteiger partial charge >= 0.3 is 5.97 Å². The number of aliphatic hydroxyl groups is 1. The van der Waals surface area contributed by atoms with E-state index >= 15 is 0 Å². The quantitative estimate of drug-likeness (QED) is 0.397. The molecule has 0 saturated carbocycles. The second-order valence-corrected chi connectivity index (χ2v) is 6.81. The first-order valence-corrected chi connectivity index (χ1v) is 7.99. The topological polar surface area (TPSA) is 101 Å². The first-order chi connectivity index (χ1) is 11.0. The van der Waals surface area contributed by atoms with Gasteiger partial charge in [-0.1, -0.05) is 0 Å². The zero-order valence-electron chi connectivity index (χ0n) is 15.4. The molecule has 0 spiro atoms. The van der Waals surface area contributed by atoms with Crippen LogP contribution in [0, 0.1) is 0 Å². The van der Waals surface area contributed by atoms with Crippen molar-refractivity contribution in [2.45, 2.75) is 45.8 Å². The van der Waals surface area contributed by atoms with Crippen LogP contribution in [0.15, 0.2) is 17.4 Å². The van der Waals surface area contributed by atoms with Crippen LogP contribution in [0.2, 0.25) is 0 Å². The molecule has 1 atom stereocenters. The molecule has 1 unspecified atom stereocenters. The minimum Gasteiger partial charge on any atom is -0.459 e. The van der Waals surface area contributed by atoms with Gasteiger partial charge in [0.25, 0.3) is 0 Å². The molecule has 0 amide bonds. The zero-order valence-corrected chi connectivity index (χ0v) is 15.4. The maximum atomic E-state index is 11.7. The molecule has 0 radical (unpaired) electrons. The van der Waals surface area contributed by atoms with Crippen LogP contribution in [-0.4, -0.2) is 52.1 Å². The number of carbonyl (C=O) groups is 1. The highest BCUT2D eigenvalue weighted by molar-refractivity contribution is 5.83. The lowest BCUT2D eigenvalue weighted by molar-refractivity contribution is -0.152. The minimum atomic E-state index is -1.11. The van der Waals surface area contributed by atoms with Crippen molar-refractivity contribution in [3.63, 3.8) is 0 Å². The van der Waals surface area contributed by atoms with E-state index in [1.54, 1.807) is 31.0 Å². The molecule has 1 aromatic rings. The maximum absolute atomic E-state index is 11.7. The normalized spacial score (nSPS) is 14.9. The van der Waals surface area contributed by atoms with Crippen LogP contribution in [0.25, 0.3) is 0 Å². The van der Waals surface area contributed by atoms with Gasteiger partial charge in [0.05, 0.1) is 12.7 Å². The van der Waals surface area contributed by atoms with E-state index in [1.807, 2.05) is 27.7 Å². The van der Waals surface area contributed by atoms with Crippen molar-refractivity contribution in [2.24, 2.45) is 12.0 Å². The summed E-state index contributed by atoms with van der Waals surface area (Å²) in [6, 6.07) is 0. The van der Waals surface area contributed by atoms with Gasteiger partial charge in [-0.2, -0.15) is 5.10 Å². The first kappa shape index (κ1) is 20.0. The summed E-state index contributed by atoms with van der Waals surface area (Å²) in [6.45, 7) is 9.80. The van der Waals surface area contributed by atoms with Crippen LogP contribution < -0.4 is 10.6 Å². The molecular weight excluding hydrogens is 310 g/mol.